The number of benzene rings is 2. The zero-order valence-corrected chi connectivity index (χ0v) is 12.8. The van der Waals surface area contributed by atoms with Crippen LogP contribution in [0.15, 0.2) is 40.9 Å². The molecular formula is C16H18BrNO. The van der Waals surface area contributed by atoms with E-state index in [4.69, 9.17) is 10.5 Å². The van der Waals surface area contributed by atoms with Crippen LogP contribution >= 0.6 is 15.9 Å². The van der Waals surface area contributed by atoms with Crippen LogP contribution in [0.3, 0.4) is 0 Å². The first-order chi connectivity index (χ1) is 9.10. The first-order valence-electron chi connectivity index (χ1n) is 6.27. The predicted octanol–water partition coefficient (Wildman–Crippen LogP) is 4.10. The third-order valence-corrected chi connectivity index (χ3v) is 3.58. The Balaban J connectivity index is 2.13. The molecule has 0 fully saturated rings. The minimum atomic E-state index is 0.564. The molecule has 0 radical (unpaired) electrons. The number of rotatable bonds is 4. The molecule has 100 valence electrons. The van der Waals surface area contributed by atoms with Gasteiger partial charge in [0.05, 0.1) is 0 Å². The van der Waals surface area contributed by atoms with E-state index in [2.05, 4.69) is 54.0 Å². The Morgan fingerprint density at radius 1 is 1.00 bits per heavy atom. The summed E-state index contributed by atoms with van der Waals surface area (Å²) in [6, 6.07) is 12.3. The SMILES string of the molecule is Cc1cc(CN)cc(C)c1OCc1ccc(Br)cc1. The van der Waals surface area contributed by atoms with Gasteiger partial charge in [-0.25, -0.2) is 0 Å². The van der Waals surface area contributed by atoms with Crippen LogP contribution in [0.1, 0.15) is 22.3 Å². The maximum atomic E-state index is 5.94. The van der Waals surface area contributed by atoms with Crippen molar-refractivity contribution >= 4 is 15.9 Å². The summed E-state index contributed by atoms with van der Waals surface area (Å²) in [5.41, 5.74) is 10.2. The highest BCUT2D eigenvalue weighted by Gasteiger charge is 2.06. The van der Waals surface area contributed by atoms with Crippen molar-refractivity contribution < 1.29 is 4.74 Å². The molecule has 0 saturated carbocycles. The van der Waals surface area contributed by atoms with Crippen molar-refractivity contribution in [2.75, 3.05) is 0 Å². The molecule has 0 aliphatic heterocycles. The molecule has 0 heterocycles. The molecule has 2 nitrogen and oxygen atoms in total. The molecule has 3 heteroatoms. The van der Waals surface area contributed by atoms with Crippen molar-refractivity contribution in [2.24, 2.45) is 5.73 Å². The second-order valence-corrected chi connectivity index (χ2v) is 5.59. The van der Waals surface area contributed by atoms with Gasteiger partial charge >= 0.3 is 0 Å². The highest BCUT2D eigenvalue weighted by molar-refractivity contribution is 9.10. The number of nitrogens with two attached hydrogens (primary N) is 1. The number of halogens is 1. The van der Waals surface area contributed by atoms with E-state index in [-0.39, 0.29) is 0 Å². The molecule has 0 aromatic heterocycles. The molecule has 0 aliphatic rings. The molecule has 0 saturated heterocycles. The zero-order chi connectivity index (χ0) is 13.8. The van der Waals surface area contributed by atoms with Gasteiger partial charge in [-0.15, -0.1) is 0 Å². The number of hydrogen-bond donors (Lipinski definition) is 1. The van der Waals surface area contributed by atoms with Gasteiger partial charge in [-0.3, -0.25) is 0 Å². The highest BCUT2D eigenvalue weighted by Crippen LogP contribution is 2.25. The van der Waals surface area contributed by atoms with Gasteiger partial charge in [0.2, 0.25) is 0 Å². The monoisotopic (exact) mass is 319 g/mol. The van der Waals surface area contributed by atoms with Crippen LogP contribution in [0.5, 0.6) is 5.75 Å². The Morgan fingerprint density at radius 3 is 2.11 bits per heavy atom. The lowest BCUT2D eigenvalue weighted by atomic mass is 10.1. The molecule has 2 rings (SSSR count). The van der Waals surface area contributed by atoms with E-state index in [1.54, 1.807) is 0 Å². The van der Waals surface area contributed by atoms with Crippen molar-refractivity contribution in [2.45, 2.75) is 27.0 Å². The fraction of sp³-hybridized carbons (Fsp3) is 0.250. The summed E-state index contributed by atoms with van der Waals surface area (Å²) in [6.45, 7) is 5.26. The summed E-state index contributed by atoms with van der Waals surface area (Å²) in [5, 5.41) is 0. The molecular weight excluding hydrogens is 302 g/mol. The summed E-state index contributed by atoms with van der Waals surface area (Å²) in [4.78, 5) is 0. The Labute approximate surface area is 122 Å². The second kappa shape index (κ2) is 6.22. The van der Waals surface area contributed by atoms with Gasteiger partial charge in [-0.2, -0.15) is 0 Å². The third kappa shape index (κ3) is 3.58. The van der Waals surface area contributed by atoms with Crippen LogP contribution in [0.4, 0.5) is 0 Å². The van der Waals surface area contributed by atoms with Gasteiger partial charge in [0.15, 0.2) is 0 Å². The lowest BCUT2D eigenvalue weighted by Gasteiger charge is -2.13. The second-order valence-electron chi connectivity index (χ2n) is 4.68. The van der Waals surface area contributed by atoms with E-state index in [0.717, 1.165) is 32.5 Å². The standard InChI is InChI=1S/C16H18BrNO/c1-11-7-14(9-18)8-12(2)16(11)19-10-13-3-5-15(17)6-4-13/h3-8H,9-10,18H2,1-2H3. The average Bonchev–Trinajstić information content (AvgIpc) is 2.39. The van der Waals surface area contributed by atoms with Gasteiger partial charge in [-0.05, 0) is 48.2 Å². The van der Waals surface area contributed by atoms with Gasteiger partial charge in [-0.1, -0.05) is 40.2 Å². The van der Waals surface area contributed by atoms with E-state index < -0.39 is 0 Å². The van der Waals surface area contributed by atoms with Crippen LogP contribution in [0.2, 0.25) is 0 Å². The number of hydrogen-bond acceptors (Lipinski definition) is 2. The summed E-state index contributed by atoms with van der Waals surface area (Å²) in [7, 11) is 0. The van der Waals surface area contributed by atoms with Crippen molar-refractivity contribution in [3.8, 4) is 5.75 Å². The summed E-state index contributed by atoms with van der Waals surface area (Å²) >= 11 is 3.43. The predicted molar refractivity (Wildman–Crippen MR) is 82.3 cm³/mol. The van der Waals surface area contributed by atoms with Crippen molar-refractivity contribution in [3.05, 3.63) is 63.1 Å². The molecule has 0 aliphatic carbocycles. The molecule has 0 spiro atoms. The maximum absolute atomic E-state index is 5.94. The number of ether oxygens (including phenoxy) is 1. The van der Waals surface area contributed by atoms with E-state index in [9.17, 15) is 0 Å². The number of aryl methyl sites for hydroxylation is 2. The normalized spacial score (nSPS) is 10.5. The lowest BCUT2D eigenvalue weighted by Crippen LogP contribution is -2.02. The first-order valence-corrected chi connectivity index (χ1v) is 7.07. The molecule has 0 amide bonds. The van der Waals surface area contributed by atoms with Gasteiger partial charge in [0, 0.05) is 11.0 Å². The molecule has 0 atom stereocenters. The summed E-state index contributed by atoms with van der Waals surface area (Å²) < 4.78 is 7.02. The Bertz CT molecular complexity index is 540. The van der Waals surface area contributed by atoms with Gasteiger partial charge < -0.3 is 10.5 Å². The largest absolute Gasteiger partial charge is 0.488 e. The van der Waals surface area contributed by atoms with Crippen LogP contribution in [0.25, 0.3) is 0 Å². The molecule has 0 unspecified atom stereocenters. The smallest absolute Gasteiger partial charge is 0.125 e. The van der Waals surface area contributed by atoms with E-state index in [0.29, 0.717) is 13.2 Å². The fourth-order valence-electron chi connectivity index (χ4n) is 2.12. The van der Waals surface area contributed by atoms with Gasteiger partial charge in [0.1, 0.15) is 12.4 Å². The zero-order valence-electron chi connectivity index (χ0n) is 11.2. The fourth-order valence-corrected chi connectivity index (χ4v) is 2.39. The van der Waals surface area contributed by atoms with Crippen LogP contribution in [-0.4, -0.2) is 0 Å². The molecule has 2 N–H and O–H groups in total. The lowest BCUT2D eigenvalue weighted by molar-refractivity contribution is 0.302. The van der Waals surface area contributed by atoms with Crippen molar-refractivity contribution in [3.63, 3.8) is 0 Å². The van der Waals surface area contributed by atoms with Crippen LogP contribution < -0.4 is 10.5 Å². The molecule has 2 aromatic rings. The summed E-state index contributed by atoms with van der Waals surface area (Å²) in [6.07, 6.45) is 0. The van der Waals surface area contributed by atoms with E-state index in [1.165, 1.54) is 0 Å². The minimum absolute atomic E-state index is 0.564. The average molecular weight is 320 g/mol. The van der Waals surface area contributed by atoms with Gasteiger partial charge in [0.25, 0.3) is 0 Å². The third-order valence-electron chi connectivity index (χ3n) is 3.05. The first kappa shape index (κ1) is 14.1. The summed E-state index contributed by atoms with van der Waals surface area (Å²) in [5.74, 6) is 0.958. The Hall–Kier alpha value is -1.32. The topological polar surface area (TPSA) is 35.2 Å². The van der Waals surface area contributed by atoms with E-state index >= 15 is 0 Å². The van der Waals surface area contributed by atoms with E-state index in [1.807, 2.05) is 12.1 Å². The molecule has 2 aromatic carbocycles. The van der Waals surface area contributed by atoms with Crippen molar-refractivity contribution in [1.29, 1.82) is 0 Å². The minimum Gasteiger partial charge on any atom is -0.488 e. The van der Waals surface area contributed by atoms with Crippen LogP contribution in [0, 0.1) is 13.8 Å². The molecule has 19 heavy (non-hydrogen) atoms. The Kier molecular flexibility index (Phi) is 4.61. The maximum Gasteiger partial charge on any atom is 0.125 e. The van der Waals surface area contributed by atoms with Crippen LogP contribution in [-0.2, 0) is 13.2 Å². The molecule has 0 bridgehead atoms. The Morgan fingerprint density at radius 2 is 1.58 bits per heavy atom. The quantitative estimate of drug-likeness (QED) is 0.920. The van der Waals surface area contributed by atoms with Crippen molar-refractivity contribution in [1.82, 2.24) is 0 Å². The highest BCUT2D eigenvalue weighted by atomic mass is 79.9.